The SMILES string of the molecule is CCCc1ccc(C(N)c2cnn(C)c2)cc1. The summed E-state index contributed by atoms with van der Waals surface area (Å²) in [5.41, 5.74) is 9.76. The van der Waals surface area contributed by atoms with Crippen LogP contribution in [0.4, 0.5) is 0 Å². The highest BCUT2D eigenvalue weighted by atomic mass is 15.2. The fourth-order valence-electron chi connectivity index (χ4n) is 1.97. The molecule has 17 heavy (non-hydrogen) atoms. The van der Waals surface area contributed by atoms with Gasteiger partial charge in [0.25, 0.3) is 0 Å². The summed E-state index contributed by atoms with van der Waals surface area (Å²) < 4.78 is 1.78. The van der Waals surface area contributed by atoms with Crippen molar-refractivity contribution < 1.29 is 0 Å². The predicted molar refractivity (Wildman–Crippen MR) is 69.7 cm³/mol. The van der Waals surface area contributed by atoms with Gasteiger partial charge in [-0.3, -0.25) is 4.68 Å². The van der Waals surface area contributed by atoms with Crippen LogP contribution < -0.4 is 5.73 Å². The molecule has 0 bridgehead atoms. The van der Waals surface area contributed by atoms with Crippen molar-refractivity contribution in [1.29, 1.82) is 0 Å². The van der Waals surface area contributed by atoms with Gasteiger partial charge in [0, 0.05) is 18.8 Å². The van der Waals surface area contributed by atoms with Gasteiger partial charge >= 0.3 is 0 Å². The van der Waals surface area contributed by atoms with Crippen LogP contribution in [0.15, 0.2) is 36.7 Å². The quantitative estimate of drug-likeness (QED) is 0.875. The summed E-state index contributed by atoms with van der Waals surface area (Å²) in [6.07, 6.45) is 6.09. The van der Waals surface area contributed by atoms with Crippen molar-refractivity contribution in [1.82, 2.24) is 9.78 Å². The Morgan fingerprint density at radius 1 is 1.24 bits per heavy atom. The molecule has 2 N–H and O–H groups in total. The largest absolute Gasteiger partial charge is 0.320 e. The summed E-state index contributed by atoms with van der Waals surface area (Å²) in [6.45, 7) is 2.19. The molecule has 1 aromatic carbocycles. The van der Waals surface area contributed by atoms with Crippen molar-refractivity contribution in [3.05, 3.63) is 53.3 Å². The first-order chi connectivity index (χ1) is 8.20. The molecule has 1 aromatic heterocycles. The lowest BCUT2D eigenvalue weighted by Gasteiger charge is -2.10. The van der Waals surface area contributed by atoms with Crippen molar-refractivity contribution in [3.8, 4) is 0 Å². The second kappa shape index (κ2) is 5.15. The summed E-state index contributed by atoms with van der Waals surface area (Å²) in [6, 6.07) is 8.47. The van der Waals surface area contributed by atoms with E-state index in [2.05, 4.69) is 36.3 Å². The van der Waals surface area contributed by atoms with Crippen LogP contribution in [0.1, 0.15) is 36.1 Å². The number of aryl methyl sites for hydroxylation is 2. The molecule has 0 radical (unpaired) electrons. The topological polar surface area (TPSA) is 43.8 Å². The normalized spacial score (nSPS) is 12.6. The molecule has 90 valence electrons. The van der Waals surface area contributed by atoms with Gasteiger partial charge < -0.3 is 5.73 Å². The van der Waals surface area contributed by atoms with Crippen LogP contribution in [0, 0.1) is 0 Å². The predicted octanol–water partition coefficient (Wildman–Crippen LogP) is 2.42. The van der Waals surface area contributed by atoms with Crippen molar-refractivity contribution in [3.63, 3.8) is 0 Å². The second-order valence-corrected chi connectivity index (χ2v) is 4.42. The third-order valence-corrected chi connectivity index (χ3v) is 2.96. The van der Waals surface area contributed by atoms with Crippen molar-refractivity contribution in [2.75, 3.05) is 0 Å². The minimum atomic E-state index is -0.0839. The monoisotopic (exact) mass is 229 g/mol. The lowest BCUT2D eigenvalue weighted by atomic mass is 10.00. The fourth-order valence-corrected chi connectivity index (χ4v) is 1.97. The van der Waals surface area contributed by atoms with Crippen molar-refractivity contribution >= 4 is 0 Å². The Morgan fingerprint density at radius 2 is 1.94 bits per heavy atom. The van der Waals surface area contributed by atoms with Gasteiger partial charge in [0.2, 0.25) is 0 Å². The molecule has 0 saturated heterocycles. The van der Waals surface area contributed by atoms with Gasteiger partial charge in [0.05, 0.1) is 12.2 Å². The number of hydrogen-bond donors (Lipinski definition) is 1. The van der Waals surface area contributed by atoms with Gasteiger partial charge in [-0.15, -0.1) is 0 Å². The molecular formula is C14H19N3. The van der Waals surface area contributed by atoms with Crippen LogP contribution in [-0.2, 0) is 13.5 Å². The van der Waals surface area contributed by atoms with Crippen molar-refractivity contribution in [2.45, 2.75) is 25.8 Å². The summed E-state index contributed by atoms with van der Waals surface area (Å²) in [5, 5.41) is 4.15. The Labute approximate surface area is 102 Å². The Kier molecular flexibility index (Phi) is 3.59. The van der Waals surface area contributed by atoms with Crippen LogP contribution in [0.3, 0.4) is 0 Å². The summed E-state index contributed by atoms with van der Waals surface area (Å²) in [4.78, 5) is 0. The summed E-state index contributed by atoms with van der Waals surface area (Å²) in [7, 11) is 1.90. The highest BCUT2D eigenvalue weighted by Crippen LogP contribution is 2.19. The molecule has 2 aromatic rings. The number of nitrogens with zero attached hydrogens (tertiary/aromatic N) is 2. The van der Waals surface area contributed by atoms with Gasteiger partial charge in [-0.05, 0) is 17.5 Å². The summed E-state index contributed by atoms with van der Waals surface area (Å²) >= 11 is 0. The zero-order chi connectivity index (χ0) is 12.3. The van der Waals surface area contributed by atoms with E-state index in [1.54, 1.807) is 4.68 Å². The number of hydrogen-bond acceptors (Lipinski definition) is 2. The zero-order valence-electron chi connectivity index (χ0n) is 10.4. The lowest BCUT2D eigenvalue weighted by Crippen LogP contribution is -2.11. The maximum absolute atomic E-state index is 6.20. The molecule has 1 unspecified atom stereocenters. The number of aromatic nitrogens is 2. The van der Waals surface area contributed by atoms with E-state index in [1.165, 1.54) is 12.0 Å². The third-order valence-electron chi connectivity index (χ3n) is 2.96. The van der Waals surface area contributed by atoms with E-state index in [9.17, 15) is 0 Å². The van der Waals surface area contributed by atoms with E-state index in [0.717, 1.165) is 17.5 Å². The van der Waals surface area contributed by atoms with Crippen LogP contribution in [0.5, 0.6) is 0 Å². The van der Waals surface area contributed by atoms with Crippen molar-refractivity contribution in [2.24, 2.45) is 12.8 Å². The number of benzene rings is 1. The standard InChI is InChI=1S/C14H19N3/c1-3-4-11-5-7-12(8-6-11)14(15)13-9-16-17(2)10-13/h5-10,14H,3-4,15H2,1-2H3. The average Bonchev–Trinajstić information content (AvgIpc) is 2.76. The zero-order valence-corrected chi connectivity index (χ0v) is 10.4. The molecule has 0 aliphatic carbocycles. The van der Waals surface area contributed by atoms with Gasteiger partial charge in [-0.1, -0.05) is 37.6 Å². The minimum absolute atomic E-state index is 0.0839. The molecule has 0 aliphatic heterocycles. The van der Waals surface area contributed by atoms with Crippen LogP contribution in [-0.4, -0.2) is 9.78 Å². The van der Waals surface area contributed by atoms with E-state index < -0.39 is 0 Å². The summed E-state index contributed by atoms with van der Waals surface area (Å²) in [5.74, 6) is 0. The fraction of sp³-hybridized carbons (Fsp3) is 0.357. The Balaban J connectivity index is 2.16. The first-order valence-corrected chi connectivity index (χ1v) is 6.03. The number of rotatable bonds is 4. The van der Waals surface area contributed by atoms with Crippen LogP contribution in [0.2, 0.25) is 0 Å². The van der Waals surface area contributed by atoms with Gasteiger partial charge in [-0.25, -0.2) is 0 Å². The van der Waals surface area contributed by atoms with Crippen LogP contribution in [0.25, 0.3) is 0 Å². The molecule has 0 aliphatic rings. The maximum Gasteiger partial charge on any atom is 0.0582 e. The molecule has 1 heterocycles. The molecule has 0 saturated carbocycles. The highest BCUT2D eigenvalue weighted by molar-refractivity contribution is 5.31. The molecule has 0 amide bonds. The first kappa shape index (κ1) is 11.9. The smallest absolute Gasteiger partial charge is 0.0582 e. The Morgan fingerprint density at radius 3 is 2.47 bits per heavy atom. The second-order valence-electron chi connectivity index (χ2n) is 4.42. The van der Waals surface area contributed by atoms with E-state index in [1.807, 2.05) is 19.4 Å². The van der Waals surface area contributed by atoms with Gasteiger partial charge in [0.1, 0.15) is 0 Å². The van der Waals surface area contributed by atoms with E-state index in [4.69, 9.17) is 5.73 Å². The minimum Gasteiger partial charge on any atom is -0.320 e. The highest BCUT2D eigenvalue weighted by Gasteiger charge is 2.10. The molecule has 0 spiro atoms. The number of nitrogens with two attached hydrogens (primary N) is 1. The Hall–Kier alpha value is -1.61. The van der Waals surface area contributed by atoms with E-state index in [0.29, 0.717) is 0 Å². The molecule has 3 nitrogen and oxygen atoms in total. The van der Waals surface area contributed by atoms with Gasteiger partial charge in [0.15, 0.2) is 0 Å². The van der Waals surface area contributed by atoms with E-state index in [-0.39, 0.29) is 6.04 Å². The lowest BCUT2D eigenvalue weighted by molar-refractivity contribution is 0.765. The molecular weight excluding hydrogens is 210 g/mol. The average molecular weight is 229 g/mol. The molecule has 1 atom stereocenters. The maximum atomic E-state index is 6.20. The van der Waals surface area contributed by atoms with Crippen LogP contribution >= 0.6 is 0 Å². The first-order valence-electron chi connectivity index (χ1n) is 6.03. The van der Waals surface area contributed by atoms with E-state index >= 15 is 0 Å². The molecule has 0 fully saturated rings. The Bertz CT molecular complexity index is 470. The molecule has 3 heteroatoms. The molecule has 2 rings (SSSR count). The third kappa shape index (κ3) is 2.74. The van der Waals surface area contributed by atoms with Gasteiger partial charge in [-0.2, -0.15) is 5.10 Å².